The Labute approximate surface area is 224 Å². The predicted octanol–water partition coefficient (Wildman–Crippen LogP) is 6.32. The van der Waals surface area contributed by atoms with Crippen LogP contribution in [0.4, 0.5) is 10.5 Å². The molecule has 1 saturated heterocycles. The second kappa shape index (κ2) is 12.6. The molecule has 3 aromatic rings. The normalized spacial score (nSPS) is 12.7. The first-order valence-corrected chi connectivity index (χ1v) is 12.9. The summed E-state index contributed by atoms with van der Waals surface area (Å²) in [6.07, 6.45) is -0.250. The molecule has 1 amide bonds. The molecule has 4 rings (SSSR count). The highest BCUT2D eigenvalue weighted by Gasteiger charge is 2.24. The van der Waals surface area contributed by atoms with E-state index in [0.29, 0.717) is 48.6 Å². The van der Waals surface area contributed by atoms with Crippen LogP contribution in [0.1, 0.15) is 18.1 Å². The summed E-state index contributed by atoms with van der Waals surface area (Å²) in [5.41, 5.74) is 2.34. The van der Waals surface area contributed by atoms with Gasteiger partial charge in [0.15, 0.2) is 11.5 Å². The summed E-state index contributed by atoms with van der Waals surface area (Å²) in [6, 6.07) is 18.5. The molecular formula is C27H27ClN2O6S. The van der Waals surface area contributed by atoms with Crippen molar-refractivity contribution in [1.82, 2.24) is 4.90 Å². The number of hydrogen-bond acceptors (Lipinski definition) is 8. The van der Waals surface area contributed by atoms with Gasteiger partial charge in [0.2, 0.25) is 0 Å². The predicted molar refractivity (Wildman–Crippen MR) is 143 cm³/mol. The summed E-state index contributed by atoms with van der Waals surface area (Å²) >= 11 is 7.42. The third kappa shape index (κ3) is 7.24. The van der Waals surface area contributed by atoms with Gasteiger partial charge >= 0.3 is 12.1 Å². The Bertz CT molecular complexity index is 1250. The molecule has 0 atom stereocenters. The van der Waals surface area contributed by atoms with Gasteiger partial charge in [0.25, 0.3) is 0 Å². The third-order valence-corrected chi connectivity index (χ3v) is 6.57. The van der Waals surface area contributed by atoms with E-state index in [0.717, 1.165) is 21.7 Å². The molecular weight excluding hydrogens is 516 g/mol. The number of carbonyl (C=O) groups excluding carboxylic acids is 2. The maximum atomic E-state index is 12.1. The quantitative estimate of drug-likeness (QED) is 0.222. The van der Waals surface area contributed by atoms with Gasteiger partial charge in [0, 0.05) is 21.2 Å². The fraction of sp³-hybridized carbons (Fsp3) is 0.259. The number of rotatable bonds is 11. The summed E-state index contributed by atoms with van der Waals surface area (Å²) in [5.74, 6) is 1.19. The van der Waals surface area contributed by atoms with Gasteiger partial charge in [-0.3, -0.25) is 4.79 Å². The first-order chi connectivity index (χ1) is 17.9. The van der Waals surface area contributed by atoms with Crippen LogP contribution in [0.15, 0.2) is 65.6 Å². The highest BCUT2D eigenvalue weighted by atomic mass is 35.5. The van der Waals surface area contributed by atoms with Crippen LogP contribution in [-0.4, -0.2) is 43.8 Å². The van der Waals surface area contributed by atoms with Crippen molar-refractivity contribution in [3.05, 3.63) is 76.8 Å². The molecule has 8 nitrogen and oxygen atoms in total. The van der Waals surface area contributed by atoms with Gasteiger partial charge in [-0.25, -0.2) is 4.79 Å². The second-order valence-corrected chi connectivity index (χ2v) is 9.40. The number of hydrogen-bond donors (Lipinski definition) is 1. The minimum Gasteiger partial charge on any atom is -0.493 e. The van der Waals surface area contributed by atoms with Gasteiger partial charge in [-0.05, 0) is 79.0 Å². The van der Waals surface area contributed by atoms with Crippen LogP contribution >= 0.6 is 23.5 Å². The molecule has 0 aromatic heterocycles. The molecule has 0 unspecified atom stereocenters. The molecule has 1 N–H and O–H groups in total. The summed E-state index contributed by atoms with van der Waals surface area (Å²) < 4.78 is 25.3. The first-order valence-electron chi connectivity index (χ1n) is 11.7. The molecule has 37 heavy (non-hydrogen) atoms. The summed E-state index contributed by atoms with van der Waals surface area (Å²) in [7, 11) is 1.55. The van der Waals surface area contributed by atoms with Crippen LogP contribution in [0.3, 0.4) is 0 Å². The van der Waals surface area contributed by atoms with Crippen LogP contribution in [0.25, 0.3) is 0 Å². The van der Waals surface area contributed by atoms with Gasteiger partial charge in [-0.1, -0.05) is 17.7 Å². The number of nitrogens with zero attached hydrogens (tertiary/aromatic N) is 1. The molecule has 0 radical (unpaired) electrons. The van der Waals surface area contributed by atoms with E-state index in [1.54, 1.807) is 37.1 Å². The van der Waals surface area contributed by atoms with Crippen molar-refractivity contribution in [3.8, 4) is 17.2 Å². The summed E-state index contributed by atoms with van der Waals surface area (Å²) in [6.45, 7) is 3.24. The lowest BCUT2D eigenvalue weighted by molar-refractivity contribution is -0.142. The minimum absolute atomic E-state index is 0.117. The molecule has 10 heteroatoms. The number of benzene rings is 3. The standard InChI is InChI=1S/C27H27ClN2O6S/c1-3-34-26(31)15-18-4-10-24(33-2)25(14-18)36-23-11-7-21(29-37-22-8-5-20(28)6-9-22)16-19(23)17-30-12-13-35-27(30)32/h4-11,14,16,29H,3,12-13,15,17H2,1-2H3. The van der Waals surface area contributed by atoms with Gasteiger partial charge in [-0.2, -0.15) is 0 Å². The zero-order valence-electron chi connectivity index (χ0n) is 20.5. The largest absolute Gasteiger partial charge is 0.493 e. The monoisotopic (exact) mass is 542 g/mol. The van der Waals surface area contributed by atoms with Crippen molar-refractivity contribution in [2.75, 3.05) is 31.6 Å². The van der Waals surface area contributed by atoms with E-state index in [9.17, 15) is 9.59 Å². The summed E-state index contributed by atoms with van der Waals surface area (Å²) in [4.78, 5) is 26.7. The van der Waals surface area contributed by atoms with Crippen LogP contribution < -0.4 is 14.2 Å². The lowest BCUT2D eigenvalue weighted by Gasteiger charge is -2.19. The topological polar surface area (TPSA) is 86.3 Å². The van der Waals surface area contributed by atoms with Crippen molar-refractivity contribution in [1.29, 1.82) is 0 Å². The van der Waals surface area contributed by atoms with E-state index in [1.165, 1.54) is 11.9 Å². The number of methoxy groups -OCH3 is 1. The second-order valence-electron chi connectivity index (χ2n) is 8.09. The number of halogens is 1. The molecule has 1 heterocycles. The lowest BCUT2D eigenvalue weighted by atomic mass is 10.1. The first kappa shape index (κ1) is 26.5. The Morgan fingerprint density at radius 3 is 2.57 bits per heavy atom. The number of carbonyl (C=O) groups is 2. The Balaban J connectivity index is 1.58. The number of anilines is 1. The molecule has 1 fully saturated rings. The average molecular weight is 543 g/mol. The van der Waals surface area contributed by atoms with Gasteiger partial charge in [0.05, 0.1) is 33.2 Å². The number of esters is 1. The van der Waals surface area contributed by atoms with Crippen molar-refractivity contribution in [2.24, 2.45) is 0 Å². The van der Waals surface area contributed by atoms with E-state index < -0.39 is 0 Å². The molecule has 0 saturated carbocycles. The maximum absolute atomic E-state index is 12.1. The average Bonchev–Trinajstić information content (AvgIpc) is 3.29. The smallest absolute Gasteiger partial charge is 0.410 e. The minimum atomic E-state index is -0.367. The fourth-order valence-corrected chi connectivity index (χ4v) is 4.43. The number of nitrogens with one attached hydrogen (secondary N) is 1. The van der Waals surface area contributed by atoms with Crippen LogP contribution in [-0.2, 0) is 27.2 Å². The molecule has 1 aliphatic rings. The Hall–Kier alpha value is -3.56. The van der Waals surface area contributed by atoms with Gasteiger partial charge < -0.3 is 28.6 Å². The Morgan fingerprint density at radius 2 is 1.86 bits per heavy atom. The zero-order chi connectivity index (χ0) is 26.2. The van der Waals surface area contributed by atoms with E-state index >= 15 is 0 Å². The highest BCUT2D eigenvalue weighted by Crippen LogP contribution is 2.36. The van der Waals surface area contributed by atoms with Crippen LogP contribution in [0, 0.1) is 0 Å². The van der Waals surface area contributed by atoms with E-state index in [2.05, 4.69) is 4.72 Å². The van der Waals surface area contributed by atoms with Crippen molar-refractivity contribution in [2.45, 2.75) is 24.8 Å². The van der Waals surface area contributed by atoms with E-state index in [1.807, 2.05) is 42.5 Å². The van der Waals surface area contributed by atoms with Gasteiger partial charge in [-0.15, -0.1) is 0 Å². The third-order valence-electron chi connectivity index (χ3n) is 5.47. The molecule has 1 aliphatic heterocycles. The molecule has 194 valence electrons. The number of ether oxygens (including phenoxy) is 4. The van der Waals surface area contributed by atoms with Crippen molar-refractivity contribution in [3.63, 3.8) is 0 Å². The van der Waals surface area contributed by atoms with Crippen LogP contribution in [0.5, 0.6) is 17.2 Å². The fourth-order valence-electron chi connectivity index (χ4n) is 3.67. The van der Waals surface area contributed by atoms with E-state index in [-0.39, 0.29) is 18.5 Å². The molecule has 0 bridgehead atoms. The van der Waals surface area contributed by atoms with Gasteiger partial charge in [0.1, 0.15) is 12.4 Å². The maximum Gasteiger partial charge on any atom is 0.410 e. The summed E-state index contributed by atoms with van der Waals surface area (Å²) in [5, 5.41) is 0.674. The number of cyclic esters (lactones) is 1. The SMILES string of the molecule is CCOC(=O)Cc1ccc(OC)c(Oc2ccc(NSc3ccc(Cl)cc3)cc2CN2CCOC2=O)c1. The zero-order valence-corrected chi connectivity index (χ0v) is 22.1. The lowest BCUT2D eigenvalue weighted by Crippen LogP contribution is -2.23. The molecule has 3 aromatic carbocycles. The van der Waals surface area contributed by atoms with Crippen LogP contribution in [0.2, 0.25) is 5.02 Å². The molecule has 0 aliphatic carbocycles. The van der Waals surface area contributed by atoms with E-state index in [4.69, 9.17) is 30.5 Å². The molecule has 0 spiro atoms. The van der Waals surface area contributed by atoms with Crippen molar-refractivity contribution < 1.29 is 28.5 Å². The Morgan fingerprint density at radius 1 is 1.08 bits per heavy atom. The number of amides is 1. The Kier molecular flexibility index (Phi) is 9.03. The van der Waals surface area contributed by atoms with Crippen molar-refractivity contribution >= 4 is 41.3 Å². The highest BCUT2D eigenvalue weighted by molar-refractivity contribution is 8.00.